The second-order valence-corrected chi connectivity index (χ2v) is 3.68. The lowest BCUT2D eigenvalue weighted by Gasteiger charge is -2.14. The maximum absolute atomic E-state index is 11.3. The third-order valence-corrected chi connectivity index (χ3v) is 1.82. The van der Waals surface area contributed by atoms with Crippen LogP contribution in [0.15, 0.2) is 0 Å². The Kier molecular flexibility index (Phi) is 6.09. The number of amides is 2. The van der Waals surface area contributed by atoms with E-state index >= 15 is 0 Å². The first-order valence-electron chi connectivity index (χ1n) is 4.78. The van der Waals surface area contributed by atoms with Crippen LogP contribution in [0.1, 0.15) is 12.8 Å². The van der Waals surface area contributed by atoms with E-state index in [-0.39, 0.29) is 6.42 Å². The minimum Gasteiger partial charge on any atom is -0.480 e. The van der Waals surface area contributed by atoms with E-state index in [1.54, 1.807) is 19.0 Å². The predicted molar refractivity (Wildman–Crippen MR) is 56.5 cm³/mol. The van der Waals surface area contributed by atoms with Gasteiger partial charge in [-0.1, -0.05) is 0 Å². The Morgan fingerprint density at radius 3 is 2.31 bits per heavy atom. The van der Waals surface area contributed by atoms with E-state index in [2.05, 4.69) is 5.32 Å². The molecule has 0 bridgehead atoms. The van der Waals surface area contributed by atoms with Crippen molar-refractivity contribution >= 4 is 17.8 Å². The Hall–Kier alpha value is -1.63. The van der Waals surface area contributed by atoms with Crippen molar-refractivity contribution < 1.29 is 19.5 Å². The molecule has 0 heterocycles. The topological polar surface area (TPSA) is 113 Å². The number of aliphatic carboxylic acids is 1. The van der Waals surface area contributed by atoms with Crippen LogP contribution in [0, 0.1) is 0 Å². The van der Waals surface area contributed by atoms with Crippen molar-refractivity contribution in [1.82, 2.24) is 10.2 Å². The predicted octanol–water partition coefficient (Wildman–Crippen LogP) is -1.62. The summed E-state index contributed by atoms with van der Waals surface area (Å²) in [5.41, 5.74) is 4.87. The number of nitrogens with two attached hydrogens (primary N) is 1. The molecule has 4 N–H and O–H groups in total. The Bertz CT molecular complexity index is 278. The molecule has 0 aliphatic carbocycles. The van der Waals surface area contributed by atoms with Crippen molar-refractivity contribution in [2.24, 2.45) is 5.73 Å². The molecule has 7 heteroatoms. The average molecular weight is 231 g/mol. The Balaban J connectivity index is 4.13. The van der Waals surface area contributed by atoms with Gasteiger partial charge in [0.1, 0.15) is 6.04 Å². The summed E-state index contributed by atoms with van der Waals surface area (Å²) in [6.07, 6.45) is -0.224. The highest BCUT2D eigenvalue weighted by Gasteiger charge is 2.21. The molecule has 2 amide bonds. The zero-order valence-electron chi connectivity index (χ0n) is 9.40. The highest BCUT2D eigenvalue weighted by Crippen LogP contribution is 1.93. The molecule has 0 saturated carbocycles. The second-order valence-electron chi connectivity index (χ2n) is 3.68. The third kappa shape index (κ3) is 6.77. The molecule has 0 aromatic heterocycles. The summed E-state index contributed by atoms with van der Waals surface area (Å²) in [6, 6.07) is -1.24. The van der Waals surface area contributed by atoms with Crippen LogP contribution >= 0.6 is 0 Å². The molecule has 0 aromatic carbocycles. The lowest BCUT2D eigenvalue weighted by molar-refractivity contribution is -0.143. The minimum atomic E-state index is -1.27. The Morgan fingerprint density at radius 2 is 1.94 bits per heavy atom. The van der Waals surface area contributed by atoms with Crippen molar-refractivity contribution in [2.45, 2.75) is 18.9 Å². The number of carbonyl (C=O) groups is 3. The summed E-state index contributed by atoms with van der Waals surface area (Å²) in [4.78, 5) is 34.3. The minimum absolute atomic E-state index is 0.176. The number of carboxylic acids is 1. The molecule has 0 unspecified atom stereocenters. The lowest BCUT2D eigenvalue weighted by Crippen LogP contribution is -2.43. The zero-order chi connectivity index (χ0) is 12.7. The van der Waals surface area contributed by atoms with Crippen molar-refractivity contribution in [1.29, 1.82) is 0 Å². The fourth-order valence-corrected chi connectivity index (χ4v) is 0.993. The summed E-state index contributed by atoms with van der Waals surface area (Å²) < 4.78 is 0. The molecule has 92 valence electrons. The molecule has 0 spiro atoms. The van der Waals surface area contributed by atoms with E-state index < -0.39 is 30.2 Å². The zero-order valence-corrected chi connectivity index (χ0v) is 9.40. The smallest absolute Gasteiger partial charge is 0.326 e. The second kappa shape index (κ2) is 6.78. The van der Waals surface area contributed by atoms with Gasteiger partial charge in [-0.2, -0.15) is 0 Å². The molecule has 0 radical (unpaired) electrons. The van der Waals surface area contributed by atoms with E-state index in [0.29, 0.717) is 6.54 Å². The van der Waals surface area contributed by atoms with Crippen molar-refractivity contribution in [2.75, 3.05) is 20.6 Å². The van der Waals surface area contributed by atoms with E-state index in [0.717, 1.165) is 0 Å². The van der Waals surface area contributed by atoms with E-state index in [1.807, 2.05) is 0 Å². The fourth-order valence-electron chi connectivity index (χ4n) is 0.993. The molecular formula is C9H17N3O4. The quantitative estimate of drug-likeness (QED) is 0.487. The van der Waals surface area contributed by atoms with Gasteiger partial charge in [0, 0.05) is 13.0 Å². The number of hydrogen-bond donors (Lipinski definition) is 3. The van der Waals surface area contributed by atoms with E-state index in [9.17, 15) is 14.4 Å². The summed E-state index contributed by atoms with van der Waals surface area (Å²) in [5, 5.41) is 11.0. The molecule has 0 aromatic rings. The van der Waals surface area contributed by atoms with Crippen molar-refractivity contribution in [3.63, 3.8) is 0 Å². The molecule has 0 aliphatic heterocycles. The Morgan fingerprint density at radius 1 is 1.38 bits per heavy atom. The van der Waals surface area contributed by atoms with Crippen LogP contribution in [0.5, 0.6) is 0 Å². The van der Waals surface area contributed by atoms with Gasteiger partial charge < -0.3 is 21.1 Å². The highest BCUT2D eigenvalue weighted by atomic mass is 16.4. The fraction of sp³-hybridized carbons (Fsp3) is 0.667. The lowest BCUT2D eigenvalue weighted by atomic mass is 10.2. The largest absolute Gasteiger partial charge is 0.480 e. The summed E-state index contributed by atoms with van der Waals surface area (Å²) >= 11 is 0. The number of nitrogens with one attached hydrogen (secondary N) is 1. The molecule has 0 saturated heterocycles. The monoisotopic (exact) mass is 231 g/mol. The number of carbonyl (C=O) groups excluding carboxylic acids is 2. The number of hydrogen-bond acceptors (Lipinski definition) is 4. The molecule has 1 atom stereocenters. The van der Waals surface area contributed by atoms with E-state index in [1.165, 1.54) is 0 Å². The van der Waals surface area contributed by atoms with Crippen LogP contribution in [-0.4, -0.2) is 54.5 Å². The molecule has 0 rings (SSSR count). The van der Waals surface area contributed by atoms with Crippen molar-refractivity contribution in [3.8, 4) is 0 Å². The number of carboxylic acid groups (broad SMARTS) is 1. The van der Waals surface area contributed by atoms with Gasteiger partial charge in [0.2, 0.25) is 11.8 Å². The van der Waals surface area contributed by atoms with Crippen LogP contribution in [0.25, 0.3) is 0 Å². The van der Waals surface area contributed by atoms with Gasteiger partial charge in [-0.05, 0) is 14.1 Å². The third-order valence-electron chi connectivity index (χ3n) is 1.82. The van der Waals surface area contributed by atoms with Gasteiger partial charge in [-0.15, -0.1) is 0 Å². The number of rotatable bonds is 7. The maximum Gasteiger partial charge on any atom is 0.326 e. The maximum atomic E-state index is 11.3. The van der Waals surface area contributed by atoms with Gasteiger partial charge in [0.25, 0.3) is 0 Å². The Labute approximate surface area is 93.6 Å². The standard InChI is InChI=1S/C9H17N3O4/c1-12(2)4-3-8(14)11-6(9(15)16)5-7(10)13/h6H,3-5H2,1-2H3,(H2,10,13)(H,11,14)(H,15,16)/t6-/m1/s1. The molecular weight excluding hydrogens is 214 g/mol. The first-order chi connectivity index (χ1) is 7.32. The van der Waals surface area contributed by atoms with Crippen LogP contribution in [0.2, 0.25) is 0 Å². The summed E-state index contributed by atoms with van der Waals surface area (Å²) in [5.74, 6) is -2.44. The van der Waals surface area contributed by atoms with Crippen molar-refractivity contribution in [3.05, 3.63) is 0 Å². The summed E-state index contributed by atoms with van der Waals surface area (Å²) in [6.45, 7) is 0.509. The average Bonchev–Trinajstić information content (AvgIpc) is 2.12. The highest BCUT2D eigenvalue weighted by molar-refractivity contribution is 5.88. The molecule has 7 nitrogen and oxygen atoms in total. The van der Waals surface area contributed by atoms with Crippen LogP contribution in [0.4, 0.5) is 0 Å². The van der Waals surface area contributed by atoms with Crippen LogP contribution < -0.4 is 11.1 Å². The van der Waals surface area contributed by atoms with Crippen LogP contribution in [-0.2, 0) is 14.4 Å². The van der Waals surface area contributed by atoms with E-state index in [4.69, 9.17) is 10.8 Å². The molecule has 0 aliphatic rings. The SMILES string of the molecule is CN(C)CCC(=O)N[C@H](CC(N)=O)C(=O)O. The number of primary amides is 1. The van der Waals surface area contributed by atoms with Gasteiger partial charge in [0.15, 0.2) is 0 Å². The number of nitrogens with zero attached hydrogens (tertiary/aromatic N) is 1. The molecule has 0 fully saturated rings. The van der Waals surface area contributed by atoms with Gasteiger partial charge in [-0.25, -0.2) is 4.79 Å². The van der Waals surface area contributed by atoms with Crippen LogP contribution in [0.3, 0.4) is 0 Å². The first-order valence-corrected chi connectivity index (χ1v) is 4.78. The first kappa shape index (κ1) is 14.4. The summed E-state index contributed by atoms with van der Waals surface area (Å²) in [7, 11) is 3.59. The van der Waals surface area contributed by atoms with Gasteiger partial charge >= 0.3 is 5.97 Å². The molecule has 16 heavy (non-hydrogen) atoms. The van der Waals surface area contributed by atoms with Gasteiger partial charge in [-0.3, -0.25) is 9.59 Å². The van der Waals surface area contributed by atoms with Gasteiger partial charge in [0.05, 0.1) is 6.42 Å². The normalized spacial score (nSPS) is 12.2.